The van der Waals surface area contributed by atoms with Crippen LogP contribution in [0.4, 0.5) is 0 Å². The number of hydrogen-bond acceptors (Lipinski definition) is 2. The second kappa shape index (κ2) is 8.90. The number of amides is 1. The van der Waals surface area contributed by atoms with E-state index >= 15 is 0 Å². The number of halogens is 1. The van der Waals surface area contributed by atoms with Crippen LogP contribution >= 0.6 is 11.6 Å². The van der Waals surface area contributed by atoms with Crippen LogP contribution in [0.15, 0.2) is 42.5 Å². The van der Waals surface area contributed by atoms with Gasteiger partial charge in [0.05, 0.1) is 6.04 Å². The second-order valence-corrected chi connectivity index (χ2v) is 8.21. The lowest BCUT2D eigenvalue weighted by molar-refractivity contribution is -0.127. The molecule has 0 spiro atoms. The molecular formula is C23H29ClN2O. The predicted molar refractivity (Wildman–Crippen MR) is 112 cm³/mol. The smallest absolute Gasteiger partial charge is 0.223 e. The number of nitrogens with one attached hydrogen (secondary N) is 1. The first kappa shape index (κ1) is 19.9. The van der Waals surface area contributed by atoms with Crippen LogP contribution in [0.25, 0.3) is 0 Å². The molecule has 1 amide bonds. The van der Waals surface area contributed by atoms with E-state index in [1.165, 1.54) is 22.3 Å². The SMILES string of the molecule is Cc1ccc(C)c([C@H](C)NC(=O)C2CCN(Cc3cccc(Cl)c3)CC2)c1. The molecule has 1 saturated heterocycles. The number of carbonyl (C=O) groups excluding carboxylic acids is 1. The van der Waals surface area contributed by atoms with Crippen LogP contribution < -0.4 is 5.32 Å². The van der Waals surface area contributed by atoms with Gasteiger partial charge in [-0.05, 0) is 75.5 Å². The zero-order valence-electron chi connectivity index (χ0n) is 16.5. The summed E-state index contributed by atoms with van der Waals surface area (Å²) in [5.41, 5.74) is 4.89. The Bertz CT molecular complexity index is 797. The molecule has 3 nitrogen and oxygen atoms in total. The van der Waals surface area contributed by atoms with Gasteiger partial charge in [0.2, 0.25) is 5.91 Å². The summed E-state index contributed by atoms with van der Waals surface area (Å²) in [5.74, 6) is 0.291. The molecule has 0 aliphatic carbocycles. The molecule has 0 radical (unpaired) electrons. The molecule has 0 unspecified atom stereocenters. The molecule has 1 N–H and O–H groups in total. The quantitative estimate of drug-likeness (QED) is 0.782. The van der Waals surface area contributed by atoms with Crippen molar-refractivity contribution < 1.29 is 4.79 Å². The van der Waals surface area contributed by atoms with E-state index in [0.717, 1.165) is 37.5 Å². The maximum absolute atomic E-state index is 12.7. The van der Waals surface area contributed by atoms with Gasteiger partial charge in [-0.3, -0.25) is 9.69 Å². The van der Waals surface area contributed by atoms with Crippen LogP contribution in [0.2, 0.25) is 5.02 Å². The van der Waals surface area contributed by atoms with E-state index in [1.807, 2.05) is 18.2 Å². The lowest BCUT2D eigenvalue weighted by Crippen LogP contribution is -2.41. The minimum absolute atomic E-state index is 0.0434. The van der Waals surface area contributed by atoms with Gasteiger partial charge in [0.1, 0.15) is 0 Å². The molecule has 1 aliphatic heterocycles. The summed E-state index contributed by atoms with van der Waals surface area (Å²) < 4.78 is 0. The highest BCUT2D eigenvalue weighted by Gasteiger charge is 2.26. The van der Waals surface area contributed by atoms with Crippen LogP contribution in [0.1, 0.15) is 48.1 Å². The first-order valence-electron chi connectivity index (χ1n) is 9.76. The predicted octanol–water partition coefficient (Wildman–Crippen LogP) is 5.05. The normalized spacial score (nSPS) is 16.9. The number of hydrogen-bond donors (Lipinski definition) is 1. The van der Waals surface area contributed by atoms with Crippen molar-refractivity contribution in [3.8, 4) is 0 Å². The van der Waals surface area contributed by atoms with Gasteiger partial charge in [-0.25, -0.2) is 0 Å². The average molecular weight is 385 g/mol. The van der Waals surface area contributed by atoms with Gasteiger partial charge in [-0.15, -0.1) is 0 Å². The van der Waals surface area contributed by atoms with Crippen molar-refractivity contribution in [1.29, 1.82) is 0 Å². The standard InChI is InChI=1S/C23H29ClN2O/c1-16-7-8-17(2)22(13-16)18(3)25-23(27)20-9-11-26(12-10-20)15-19-5-4-6-21(24)14-19/h4-8,13-14,18,20H,9-12,15H2,1-3H3,(H,25,27)/t18-/m0/s1. The molecule has 2 aromatic carbocycles. The molecule has 1 aliphatic rings. The minimum Gasteiger partial charge on any atom is -0.349 e. The topological polar surface area (TPSA) is 32.3 Å². The second-order valence-electron chi connectivity index (χ2n) is 7.77. The summed E-state index contributed by atoms with van der Waals surface area (Å²) in [7, 11) is 0. The zero-order chi connectivity index (χ0) is 19.4. The van der Waals surface area contributed by atoms with E-state index in [-0.39, 0.29) is 17.9 Å². The molecule has 1 heterocycles. The van der Waals surface area contributed by atoms with Crippen LogP contribution in [0, 0.1) is 19.8 Å². The summed E-state index contributed by atoms with van der Waals surface area (Å²) in [6, 6.07) is 14.5. The fourth-order valence-electron chi connectivity index (χ4n) is 3.88. The number of likely N-dealkylation sites (tertiary alicyclic amines) is 1. The Balaban J connectivity index is 1.51. The molecule has 2 aromatic rings. The van der Waals surface area contributed by atoms with E-state index < -0.39 is 0 Å². The van der Waals surface area contributed by atoms with Crippen molar-refractivity contribution >= 4 is 17.5 Å². The maximum atomic E-state index is 12.7. The molecule has 0 bridgehead atoms. The third-order valence-corrected chi connectivity index (χ3v) is 5.75. The van der Waals surface area contributed by atoms with Gasteiger partial charge in [0.15, 0.2) is 0 Å². The van der Waals surface area contributed by atoms with Crippen molar-refractivity contribution in [3.05, 3.63) is 69.7 Å². The van der Waals surface area contributed by atoms with Crippen molar-refractivity contribution in [1.82, 2.24) is 10.2 Å². The molecule has 27 heavy (non-hydrogen) atoms. The van der Waals surface area contributed by atoms with Crippen LogP contribution in [0.3, 0.4) is 0 Å². The summed E-state index contributed by atoms with van der Waals surface area (Å²) in [6.45, 7) is 9.06. The molecular weight excluding hydrogens is 356 g/mol. The van der Waals surface area contributed by atoms with E-state index in [9.17, 15) is 4.79 Å². The van der Waals surface area contributed by atoms with Gasteiger partial charge in [0, 0.05) is 17.5 Å². The van der Waals surface area contributed by atoms with E-state index in [0.29, 0.717) is 0 Å². The third-order valence-electron chi connectivity index (χ3n) is 5.51. The lowest BCUT2D eigenvalue weighted by Gasteiger charge is -2.32. The van der Waals surface area contributed by atoms with Crippen molar-refractivity contribution in [2.75, 3.05) is 13.1 Å². The van der Waals surface area contributed by atoms with E-state index in [2.05, 4.69) is 55.3 Å². The van der Waals surface area contributed by atoms with Crippen LogP contribution in [0.5, 0.6) is 0 Å². The largest absolute Gasteiger partial charge is 0.349 e. The van der Waals surface area contributed by atoms with Gasteiger partial charge < -0.3 is 5.32 Å². The molecule has 3 rings (SSSR count). The van der Waals surface area contributed by atoms with Crippen LogP contribution in [-0.2, 0) is 11.3 Å². The molecule has 0 aromatic heterocycles. The van der Waals surface area contributed by atoms with Crippen molar-refractivity contribution in [3.63, 3.8) is 0 Å². The Morgan fingerprint density at radius 1 is 1.19 bits per heavy atom. The summed E-state index contributed by atoms with van der Waals surface area (Å²) >= 11 is 6.08. The molecule has 4 heteroatoms. The summed E-state index contributed by atoms with van der Waals surface area (Å²) in [6.07, 6.45) is 1.82. The number of aryl methyl sites for hydroxylation is 2. The first-order chi connectivity index (χ1) is 12.9. The van der Waals surface area contributed by atoms with E-state index in [4.69, 9.17) is 11.6 Å². The first-order valence-corrected chi connectivity index (χ1v) is 10.1. The number of carbonyl (C=O) groups is 1. The third kappa shape index (κ3) is 5.33. The van der Waals surface area contributed by atoms with Crippen molar-refractivity contribution in [2.45, 2.75) is 46.2 Å². The number of piperidine rings is 1. The minimum atomic E-state index is 0.0434. The maximum Gasteiger partial charge on any atom is 0.223 e. The molecule has 1 atom stereocenters. The molecule has 1 fully saturated rings. The Labute approximate surface area is 167 Å². The van der Waals surface area contributed by atoms with Gasteiger partial charge in [-0.2, -0.15) is 0 Å². The fraction of sp³-hybridized carbons (Fsp3) is 0.435. The van der Waals surface area contributed by atoms with Crippen LogP contribution in [-0.4, -0.2) is 23.9 Å². The fourth-order valence-corrected chi connectivity index (χ4v) is 4.10. The summed E-state index contributed by atoms with van der Waals surface area (Å²) in [5, 5.41) is 4.01. The Morgan fingerprint density at radius 3 is 2.63 bits per heavy atom. The highest BCUT2D eigenvalue weighted by atomic mass is 35.5. The van der Waals surface area contributed by atoms with Gasteiger partial charge in [-0.1, -0.05) is 47.5 Å². The average Bonchev–Trinajstić information content (AvgIpc) is 2.64. The number of rotatable bonds is 5. The Morgan fingerprint density at radius 2 is 1.93 bits per heavy atom. The van der Waals surface area contributed by atoms with Crippen molar-refractivity contribution in [2.24, 2.45) is 5.92 Å². The number of benzene rings is 2. The zero-order valence-corrected chi connectivity index (χ0v) is 17.2. The number of nitrogens with zero attached hydrogens (tertiary/aromatic N) is 1. The van der Waals surface area contributed by atoms with E-state index in [1.54, 1.807) is 0 Å². The Kier molecular flexibility index (Phi) is 6.56. The monoisotopic (exact) mass is 384 g/mol. The Hall–Kier alpha value is -1.84. The molecule has 0 saturated carbocycles. The molecule has 144 valence electrons. The lowest BCUT2D eigenvalue weighted by atomic mass is 9.94. The highest BCUT2D eigenvalue weighted by Crippen LogP contribution is 2.23. The highest BCUT2D eigenvalue weighted by molar-refractivity contribution is 6.30. The van der Waals surface area contributed by atoms with Gasteiger partial charge in [0.25, 0.3) is 0 Å². The summed E-state index contributed by atoms with van der Waals surface area (Å²) in [4.78, 5) is 15.1. The van der Waals surface area contributed by atoms with Gasteiger partial charge >= 0.3 is 0 Å².